The highest BCUT2D eigenvalue weighted by Gasteiger charge is 2.31. The van der Waals surface area contributed by atoms with Crippen LogP contribution in [0.3, 0.4) is 0 Å². The molecule has 2 amide bonds. The van der Waals surface area contributed by atoms with Crippen LogP contribution in [0.5, 0.6) is 0 Å². The quantitative estimate of drug-likeness (QED) is 0.331. The SMILES string of the molecule is C[C@H](CO)NC(=O)C[C@H]1CC=CC[C@H](Cc2ccccc2)C(=O)OC[C@H](C(=O)OCc2ccccc2)NC1=O. The Morgan fingerprint density at radius 1 is 1.00 bits per heavy atom. The van der Waals surface area contributed by atoms with Crippen LogP contribution in [-0.4, -0.2) is 54.2 Å². The van der Waals surface area contributed by atoms with Crippen molar-refractivity contribution in [2.24, 2.45) is 11.8 Å². The van der Waals surface area contributed by atoms with Gasteiger partial charge in [0.05, 0.1) is 18.4 Å². The van der Waals surface area contributed by atoms with Gasteiger partial charge in [-0.3, -0.25) is 14.4 Å². The van der Waals surface area contributed by atoms with Gasteiger partial charge in [-0.2, -0.15) is 0 Å². The molecule has 0 unspecified atom stereocenters. The largest absolute Gasteiger partial charge is 0.463 e. The van der Waals surface area contributed by atoms with Crippen LogP contribution < -0.4 is 10.6 Å². The molecule has 0 radical (unpaired) electrons. The Morgan fingerprint density at radius 2 is 1.62 bits per heavy atom. The molecular weight excluding hydrogens is 500 g/mol. The minimum absolute atomic E-state index is 0.00968. The fourth-order valence-corrected chi connectivity index (χ4v) is 4.14. The van der Waals surface area contributed by atoms with Crippen molar-refractivity contribution in [2.45, 2.75) is 51.3 Å². The van der Waals surface area contributed by atoms with Crippen LogP contribution in [0.25, 0.3) is 0 Å². The van der Waals surface area contributed by atoms with Crippen molar-refractivity contribution in [3.05, 3.63) is 83.9 Å². The lowest BCUT2D eigenvalue weighted by Gasteiger charge is -2.23. The van der Waals surface area contributed by atoms with E-state index in [1.165, 1.54) is 0 Å². The van der Waals surface area contributed by atoms with Crippen molar-refractivity contribution in [3.8, 4) is 0 Å². The maximum atomic E-state index is 13.2. The zero-order chi connectivity index (χ0) is 28.0. The molecule has 0 aromatic heterocycles. The van der Waals surface area contributed by atoms with Crippen LogP contribution in [0.2, 0.25) is 0 Å². The number of hydrogen-bond donors (Lipinski definition) is 3. The minimum atomic E-state index is -1.24. The number of aliphatic hydroxyl groups is 1. The highest BCUT2D eigenvalue weighted by molar-refractivity contribution is 5.89. The molecule has 208 valence electrons. The molecule has 3 rings (SSSR count). The normalized spacial score (nSPS) is 20.9. The highest BCUT2D eigenvalue weighted by Crippen LogP contribution is 2.18. The molecule has 39 heavy (non-hydrogen) atoms. The van der Waals surface area contributed by atoms with Gasteiger partial charge < -0.3 is 25.2 Å². The number of benzene rings is 2. The number of rotatable bonds is 9. The second-order valence-corrected chi connectivity index (χ2v) is 9.67. The van der Waals surface area contributed by atoms with Gasteiger partial charge in [-0.1, -0.05) is 72.8 Å². The van der Waals surface area contributed by atoms with E-state index in [-0.39, 0.29) is 26.1 Å². The summed E-state index contributed by atoms with van der Waals surface area (Å²) in [7, 11) is 0. The number of ether oxygens (including phenoxy) is 2. The number of cyclic esters (lactones) is 1. The Hall–Kier alpha value is -3.98. The number of allylic oxidation sites excluding steroid dienone is 2. The summed E-state index contributed by atoms with van der Waals surface area (Å²) in [6.45, 7) is 1.02. The van der Waals surface area contributed by atoms with Crippen LogP contribution >= 0.6 is 0 Å². The molecule has 0 aliphatic carbocycles. The molecule has 4 atom stereocenters. The van der Waals surface area contributed by atoms with Crippen molar-refractivity contribution in [1.82, 2.24) is 10.6 Å². The highest BCUT2D eigenvalue weighted by atomic mass is 16.6. The molecule has 2 aromatic carbocycles. The topological polar surface area (TPSA) is 131 Å². The summed E-state index contributed by atoms with van der Waals surface area (Å²) >= 11 is 0. The van der Waals surface area contributed by atoms with E-state index in [0.29, 0.717) is 12.8 Å². The monoisotopic (exact) mass is 536 g/mol. The molecule has 0 fully saturated rings. The first-order valence-electron chi connectivity index (χ1n) is 13.1. The Bertz CT molecular complexity index is 1120. The first-order chi connectivity index (χ1) is 18.9. The number of carbonyl (C=O) groups is 4. The fourth-order valence-electron chi connectivity index (χ4n) is 4.14. The summed E-state index contributed by atoms with van der Waals surface area (Å²) < 4.78 is 10.9. The lowest BCUT2D eigenvalue weighted by molar-refractivity contribution is -0.157. The molecule has 3 N–H and O–H groups in total. The molecule has 1 heterocycles. The molecule has 9 nitrogen and oxygen atoms in total. The lowest BCUT2D eigenvalue weighted by atomic mass is 9.94. The van der Waals surface area contributed by atoms with Crippen molar-refractivity contribution in [3.63, 3.8) is 0 Å². The number of carbonyl (C=O) groups excluding carboxylic acids is 4. The van der Waals surface area contributed by atoms with E-state index in [1.807, 2.05) is 54.6 Å². The van der Waals surface area contributed by atoms with Crippen LogP contribution in [0, 0.1) is 11.8 Å². The zero-order valence-corrected chi connectivity index (χ0v) is 22.1. The average molecular weight is 537 g/mol. The van der Waals surface area contributed by atoms with Crippen molar-refractivity contribution < 1.29 is 33.8 Å². The van der Waals surface area contributed by atoms with Crippen LogP contribution in [0.15, 0.2) is 72.8 Å². The minimum Gasteiger partial charge on any atom is -0.463 e. The van der Waals surface area contributed by atoms with Crippen LogP contribution in [-0.2, 0) is 41.7 Å². The summed E-state index contributed by atoms with van der Waals surface area (Å²) in [5.41, 5.74) is 1.74. The Labute approximate surface area is 228 Å². The predicted octanol–water partition coefficient (Wildman–Crippen LogP) is 2.47. The van der Waals surface area contributed by atoms with E-state index < -0.39 is 54.3 Å². The first-order valence-corrected chi connectivity index (χ1v) is 13.1. The molecule has 0 saturated carbocycles. The molecule has 0 bridgehead atoms. The molecule has 0 spiro atoms. The summed E-state index contributed by atoms with van der Waals surface area (Å²) in [5, 5.41) is 14.5. The van der Waals surface area contributed by atoms with Gasteiger partial charge in [0.1, 0.15) is 13.2 Å². The summed E-state index contributed by atoms with van der Waals surface area (Å²) in [6.07, 6.45) is 4.49. The number of esters is 2. The number of aliphatic hydroxyl groups excluding tert-OH is 1. The van der Waals surface area contributed by atoms with Gasteiger partial charge in [0.15, 0.2) is 6.04 Å². The van der Waals surface area contributed by atoms with Gasteiger partial charge in [0.2, 0.25) is 11.8 Å². The first kappa shape index (κ1) is 29.6. The predicted molar refractivity (Wildman–Crippen MR) is 144 cm³/mol. The average Bonchev–Trinajstić information content (AvgIpc) is 2.94. The number of nitrogens with one attached hydrogen (secondary N) is 2. The van der Waals surface area contributed by atoms with Gasteiger partial charge in [-0.15, -0.1) is 0 Å². The van der Waals surface area contributed by atoms with Crippen molar-refractivity contribution in [1.29, 1.82) is 0 Å². The summed E-state index contributed by atoms with van der Waals surface area (Å²) in [4.78, 5) is 51.6. The Kier molecular flexibility index (Phi) is 11.7. The zero-order valence-electron chi connectivity index (χ0n) is 22.1. The van der Waals surface area contributed by atoms with E-state index in [1.54, 1.807) is 25.1 Å². The Balaban J connectivity index is 1.78. The van der Waals surface area contributed by atoms with Crippen molar-refractivity contribution >= 4 is 23.8 Å². The third-order valence-electron chi connectivity index (χ3n) is 6.37. The van der Waals surface area contributed by atoms with E-state index in [4.69, 9.17) is 9.47 Å². The summed E-state index contributed by atoms with van der Waals surface area (Å²) in [6, 6.07) is 16.9. The van der Waals surface area contributed by atoms with E-state index >= 15 is 0 Å². The standard InChI is InChI=1S/C30H36N2O7/c1-21(18-33)31-27(34)17-24-14-8-9-15-25(16-22-10-4-2-5-11-22)29(36)39-20-26(32-28(24)35)30(37)38-19-23-12-6-3-7-13-23/h2-13,21,24-26,33H,14-20H2,1H3,(H,31,34)(H,32,35)/t21-,24-,25-,26-/m1/s1. The fraction of sp³-hybridized carbons (Fsp3) is 0.400. The van der Waals surface area contributed by atoms with E-state index in [2.05, 4.69) is 10.6 Å². The lowest BCUT2D eigenvalue weighted by Crippen LogP contribution is -2.48. The third kappa shape index (κ3) is 10.0. The smallest absolute Gasteiger partial charge is 0.332 e. The second kappa shape index (κ2) is 15.4. The van der Waals surface area contributed by atoms with Crippen molar-refractivity contribution in [2.75, 3.05) is 13.2 Å². The van der Waals surface area contributed by atoms with Gasteiger partial charge in [0.25, 0.3) is 0 Å². The van der Waals surface area contributed by atoms with Gasteiger partial charge >= 0.3 is 11.9 Å². The molecular formula is C30H36N2O7. The molecule has 1 aliphatic heterocycles. The molecule has 9 heteroatoms. The molecule has 2 aromatic rings. The summed E-state index contributed by atoms with van der Waals surface area (Å²) in [5.74, 6) is -3.43. The number of amides is 2. The third-order valence-corrected chi connectivity index (χ3v) is 6.37. The van der Waals surface area contributed by atoms with Gasteiger partial charge in [-0.25, -0.2) is 4.79 Å². The second-order valence-electron chi connectivity index (χ2n) is 9.67. The molecule has 1 aliphatic rings. The maximum Gasteiger partial charge on any atom is 0.332 e. The molecule has 0 saturated heterocycles. The van der Waals surface area contributed by atoms with Gasteiger partial charge in [-0.05, 0) is 37.3 Å². The van der Waals surface area contributed by atoms with Gasteiger partial charge in [0, 0.05) is 12.5 Å². The van der Waals surface area contributed by atoms with Crippen LogP contribution in [0.4, 0.5) is 0 Å². The van der Waals surface area contributed by atoms with E-state index in [0.717, 1.165) is 11.1 Å². The van der Waals surface area contributed by atoms with Crippen LogP contribution in [0.1, 0.15) is 37.3 Å². The Morgan fingerprint density at radius 3 is 2.26 bits per heavy atom. The number of hydrogen-bond acceptors (Lipinski definition) is 7. The van der Waals surface area contributed by atoms with E-state index in [9.17, 15) is 24.3 Å². The maximum absolute atomic E-state index is 13.2.